The SMILES string of the molecule is O=CC1OC[C@@H](CCl)N1c1nc(-c2ccc(Br)cc2)cs1. The first kappa shape index (κ1) is 15.0. The second kappa shape index (κ2) is 6.44. The number of ether oxygens (including phenoxy) is 1. The van der Waals surface area contributed by atoms with Gasteiger partial charge in [0.15, 0.2) is 17.6 Å². The average molecular weight is 388 g/mol. The van der Waals surface area contributed by atoms with E-state index in [1.165, 1.54) is 11.3 Å². The molecule has 1 aliphatic rings. The van der Waals surface area contributed by atoms with E-state index in [4.69, 9.17) is 16.3 Å². The van der Waals surface area contributed by atoms with Gasteiger partial charge in [0.05, 0.1) is 18.3 Å². The molecule has 0 radical (unpaired) electrons. The fourth-order valence-corrected chi connectivity index (χ4v) is 3.64. The molecule has 0 N–H and O–H groups in total. The number of hydrogen-bond donors (Lipinski definition) is 0. The lowest BCUT2D eigenvalue weighted by atomic mass is 10.2. The molecular weight excluding hydrogens is 376 g/mol. The van der Waals surface area contributed by atoms with E-state index in [2.05, 4.69) is 20.9 Å². The van der Waals surface area contributed by atoms with Crippen molar-refractivity contribution in [1.29, 1.82) is 0 Å². The summed E-state index contributed by atoms with van der Waals surface area (Å²) in [6, 6.07) is 7.93. The molecular formula is C14H12BrClN2O2S. The van der Waals surface area contributed by atoms with Gasteiger partial charge >= 0.3 is 0 Å². The van der Waals surface area contributed by atoms with Crippen molar-refractivity contribution in [2.75, 3.05) is 17.4 Å². The summed E-state index contributed by atoms with van der Waals surface area (Å²) in [5, 5.41) is 2.73. The molecule has 1 aliphatic heterocycles. The Morgan fingerprint density at radius 3 is 2.90 bits per heavy atom. The highest BCUT2D eigenvalue weighted by Crippen LogP contribution is 2.32. The summed E-state index contributed by atoms with van der Waals surface area (Å²) in [6.07, 6.45) is 0.186. The van der Waals surface area contributed by atoms with Gasteiger partial charge in [-0.3, -0.25) is 4.79 Å². The largest absolute Gasteiger partial charge is 0.349 e. The van der Waals surface area contributed by atoms with Crippen molar-refractivity contribution >= 4 is 50.3 Å². The summed E-state index contributed by atoms with van der Waals surface area (Å²) in [5.41, 5.74) is 1.92. The zero-order valence-corrected chi connectivity index (χ0v) is 14.1. The maximum Gasteiger partial charge on any atom is 0.188 e. The molecule has 0 aliphatic carbocycles. The number of carbonyl (C=O) groups excluding carboxylic acids is 1. The van der Waals surface area contributed by atoms with Gasteiger partial charge in [-0.15, -0.1) is 22.9 Å². The average Bonchev–Trinajstić information content (AvgIpc) is 3.13. The Labute approximate surface area is 139 Å². The fraction of sp³-hybridized carbons (Fsp3) is 0.286. The van der Waals surface area contributed by atoms with Crippen molar-refractivity contribution in [3.8, 4) is 11.3 Å². The van der Waals surface area contributed by atoms with E-state index in [9.17, 15) is 4.79 Å². The normalized spacial score (nSPS) is 21.7. The summed E-state index contributed by atoms with van der Waals surface area (Å²) in [5.74, 6) is 0.400. The van der Waals surface area contributed by atoms with Crippen molar-refractivity contribution in [3.63, 3.8) is 0 Å². The van der Waals surface area contributed by atoms with E-state index >= 15 is 0 Å². The van der Waals surface area contributed by atoms with Gasteiger partial charge in [0, 0.05) is 21.3 Å². The van der Waals surface area contributed by atoms with Gasteiger partial charge in [-0.1, -0.05) is 28.1 Å². The number of nitrogens with zero attached hydrogens (tertiary/aromatic N) is 2. The number of carbonyl (C=O) groups is 1. The second-order valence-electron chi connectivity index (χ2n) is 4.60. The molecule has 0 saturated carbocycles. The van der Waals surface area contributed by atoms with Gasteiger partial charge in [-0.25, -0.2) is 4.98 Å². The van der Waals surface area contributed by atoms with E-state index in [1.54, 1.807) is 0 Å². The Kier molecular flexibility index (Phi) is 4.59. The Morgan fingerprint density at radius 1 is 1.48 bits per heavy atom. The molecule has 1 saturated heterocycles. The Morgan fingerprint density at radius 2 is 2.24 bits per heavy atom. The van der Waals surface area contributed by atoms with Crippen LogP contribution in [0.4, 0.5) is 5.13 Å². The van der Waals surface area contributed by atoms with Crippen LogP contribution in [0.25, 0.3) is 11.3 Å². The van der Waals surface area contributed by atoms with E-state index in [0.29, 0.717) is 12.5 Å². The number of halogens is 2. The molecule has 0 bridgehead atoms. The summed E-state index contributed by atoms with van der Waals surface area (Å²) in [4.78, 5) is 17.6. The molecule has 21 heavy (non-hydrogen) atoms. The number of anilines is 1. The molecule has 1 aromatic carbocycles. The maximum atomic E-state index is 11.1. The predicted molar refractivity (Wildman–Crippen MR) is 88.0 cm³/mol. The van der Waals surface area contributed by atoms with Gasteiger partial charge in [0.2, 0.25) is 0 Å². The topological polar surface area (TPSA) is 42.4 Å². The lowest BCUT2D eigenvalue weighted by Gasteiger charge is -2.23. The van der Waals surface area contributed by atoms with Crippen LogP contribution in [0, 0.1) is 0 Å². The van der Waals surface area contributed by atoms with Gasteiger partial charge < -0.3 is 9.64 Å². The minimum Gasteiger partial charge on any atom is -0.349 e. The Balaban J connectivity index is 1.90. The van der Waals surface area contributed by atoms with Crippen LogP contribution >= 0.6 is 38.9 Å². The molecule has 2 atom stereocenters. The zero-order chi connectivity index (χ0) is 14.8. The molecule has 110 valence electrons. The quantitative estimate of drug-likeness (QED) is 0.594. The summed E-state index contributed by atoms with van der Waals surface area (Å²) >= 11 is 10.9. The molecule has 3 rings (SSSR count). The number of rotatable bonds is 4. The molecule has 2 heterocycles. The molecule has 4 nitrogen and oxygen atoms in total. The second-order valence-corrected chi connectivity index (χ2v) is 6.66. The van der Waals surface area contributed by atoms with E-state index < -0.39 is 6.23 Å². The van der Waals surface area contributed by atoms with Crippen LogP contribution < -0.4 is 4.90 Å². The summed E-state index contributed by atoms with van der Waals surface area (Å²) in [7, 11) is 0. The van der Waals surface area contributed by atoms with E-state index in [-0.39, 0.29) is 6.04 Å². The highest BCUT2D eigenvalue weighted by atomic mass is 79.9. The van der Waals surface area contributed by atoms with Gasteiger partial charge in [-0.05, 0) is 12.1 Å². The van der Waals surface area contributed by atoms with Crippen LogP contribution in [0.3, 0.4) is 0 Å². The third-order valence-electron chi connectivity index (χ3n) is 3.27. The van der Waals surface area contributed by atoms with Crippen LogP contribution in [0.1, 0.15) is 0 Å². The third kappa shape index (κ3) is 2.99. The number of aromatic nitrogens is 1. The Bertz CT molecular complexity index is 634. The van der Waals surface area contributed by atoms with Crippen LogP contribution in [-0.2, 0) is 9.53 Å². The number of thiazole rings is 1. The summed E-state index contributed by atoms with van der Waals surface area (Å²) in [6.45, 7) is 0.445. The van der Waals surface area contributed by atoms with E-state index in [0.717, 1.165) is 27.1 Å². The van der Waals surface area contributed by atoms with Crippen molar-refractivity contribution in [3.05, 3.63) is 34.1 Å². The Hall–Kier alpha value is -0.950. The van der Waals surface area contributed by atoms with Gasteiger partial charge in [0.25, 0.3) is 0 Å². The standard InChI is InChI=1S/C14H12BrClN2O2S/c15-10-3-1-9(2-4-10)12-8-21-14(17-12)18-11(5-16)7-20-13(18)6-19/h1-4,6,8,11,13H,5,7H2/t11-,13?/m1/s1. The number of hydrogen-bond acceptors (Lipinski definition) is 5. The minimum absolute atomic E-state index is 0.0224. The highest BCUT2D eigenvalue weighted by Gasteiger charge is 2.35. The van der Waals surface area contributed by atoms with Crippen molar-refractivity contribution < 1.29 is 9.53 Å². The fourth-order valence-electron chi connectivity index (χ4n) is 2.20. The molecule has 2 aromatic rings. The first-order valence-corrected chi connectivity index (χ1v) is 8.56. The molecule has 1 aromatic heterocycles. The molecule has 7 heteroatoms. The number of alkyl halides is 1. The number of benzene rings is 1. The predicted octanol–water partition coefficient (Wildman–Crippen LogP) is 3.54. The summed E-state index contributed by atoms with van der Waals surface area (Å²) < 4.78 is 6.46. The van der Waals surface area contributed by atoms with Crippen molar-refractivity contribution in [1.82, 2.24) is 4.98 Å². The number of aldehydes is 1. The first-order valence-electron chi connectivity index (χ1n) is 6.35. The lowest BCUT2D eigenvalue weighted by Crippen LogP contribution is -2.38. The van der Waals surface area contributed by atoms with Gasteiger partial charge in [0.1, 0.15) is 0 Å². The monoisotopic (exact) mass is 386 g/mol. The van der Waals surface area contributed by atoms with Crippen molar-refractivity contribution in [2.45, 2.75) is 12.3 Å². The lowest BCUT2D eigenvalue weighted by molar-refractivity contribution is -0.115. The molecule has 0 spiro atoms. The minimum atomic E-state index is -0.599. The molecule has 1 unspecified atom stereocenters. The van der Waals surface area contributed by atoms with Crippen LogP contribution in [0.2, 0.25) is 0 Å². The molecule has 1 fully saturated rings. The third-order valence-corrected chi connectivity index (χ3v) is 5.01. The molecule has 0 amide bonds. The zero-order valence-electron chi connectivity index (χ0n) is 10.9. The van der Waals surface area contributed by atoms with Gasteiger partial charge in [-0.2, -0.15) is 0 Å². The van der Waals surface area contributed by atoms with Crippen LogP contribution in [-0.4, -0.2) is 36.0 Å². The van der Waals surface area contributed by atoms with Crippen LogP contribution in [0.15, 0.2) is 34.1 Å². The van der Waals surface area contributed by atoms with Crippen LogP contribution in [0.5, 0.6) is 0 Å². The smallest absolute Gasteiger partial charge is 0.188 e. The maximum absolute atomic E-state index is 11.1. The first-order chi connectivity index (χ1) is 10.2. The van der Waals surface area contributed by atoms with E-state index in [1.807, 2.05) is 34.5 Å². The highest BCUT2D eigenvalue weighted by molar-refractivity contribution is 9.10. The van der Waals surface area contributed by atoms with Crippen molar-refractivity contribution in [2.24, 2.45) is 0 Å².